The van der Waals surface area contributed by atoms with Crippen LogP contribution in [0.4, 0.5) is 0 Å². The van der Waals surface area contributed by atoms with Crippen LogP contribution in [-0.4, -0.2) is 41.0 Å². The highest BCUT2D eigenvalue weighted by molar-refractivity contribution is 6.04. The minimum atomic E-state index is -0.749. The van der Waals surface area contributed by atoms with Gasteiger partial charge in [-0.15, -0.1) is 0 Å². The van der Waals surface area contributed by atoms with Crippen molar-refractivity contribution in [3.63, 3.8) is 0 Å². The first-order chi connectivity index (χ1) is 9.49. The van der Waals surface area contributed by atoms with Gasteiger partial charge in [0.2, 0.25) is 5.72 Å². The van der Waals surface area contributed by atoms with Crippen LogP contribution in [0.1, 0.15) is 26.3 Å². The Morgan fingerprint density at radius 2 is 2.00 bits per heavy atom. The van der Waals surface area contributed by atoms with E-state index in [4.69, 9.17) is 9.57 Å². The molecule has 0 aromatic heterocycles. The maximum absolute atomic E-state index is 12.4. The molecule has 2 atom stereocenters. The summed E-state index contributed by atoms with van der Waals surface area (Å²) in [5.41, 5.74) is 0.971. The largest absolute Gasteiger partial charge is 0.367 e. The van der Waals surface area contributed by atoms with Gasteiger partial charge in [0.25, 0.3) is 5.91 Å². The Bertz CT molecular complexity index is 553. The predicted octanol–water partition coefficient (Wildman–Crippen LogP) is 1.77. The first kappa shape index (κ1) is 13.1. The third-order valence-corrected chi connectivity index (χ3v) is 3.66. The van der Waals surface area contributed by atoms with Crippen LogP contribution in [0.5, 0.6) is 0 Å². The van der Waals surface area contributed by atoms with Gasteiger partial charge >= 0.3 is 0 Å². The number of hydrogen-bond donors (Lipinski definition) is 0. The summed E-state index contributed by atoms with van der Waals surface area (Å²) in [6.45, 7) is 6.00. The minimum Gasteiger partial charge on any atom is -0.367 e. The van der Waals surface area contributed by atoms with Gasteiger partial charge in [-0.25, -0.2) is 0 Å². The molecule has 1 aromatic carbocycles. The van der Waals surface area contributed by atoms with Gasteiger partial charge in [-0.1, -0.05) is 35.5 Å². The maximum atomic E-state index is 12.4. The minimum absolute atomic E-state index is 0.00246. The molecule has 1 saturated heterocycles. The summed E-state index contributed by atoms with van der Waals surface area (Å²) in [5.74, 6) is -0.0363. The molecule has 0 bridgehead atoms. The van der Waals surface area contributed by atoms with E-state index in [0.717, 1.165) is 11.3 Å². The maximum Gasteiger partial charge on any atom is 0.257 e. The molecule has 0 spiro atoms. The third kappa shape index (κ3) is 2.29. The summed E-state index contributed by atoms with van der Waals surface area (Å²) < 4.78 is 5.28. The number of rotatable bonds is 2. The highest BCUT2D eigenvalue weighted by Crippen LogP contribution is 2.29. The van der Waals surface area contributed by atoms with E-state index in [-0.39, 0.29) is 18.1 Å². The Morgan fingerprint density at radius 3 is 2.60 bits per heavy atom. The van der Waals surface area contributed by atoms with Crippen molar-refractivity contribution in [1.29, 1.82) is 0 Å². The number of benzene rings is 1. The van der Waals surface area contributed by atoms with E-state index in [1.54, 1.807) is 4.90 Å². The molecule has 5 nitrogen and oxygen atoms in total. The molecule has 0 N–H and O–H groups in total. The Morgan fingerprint density at radius 1 is 1.35 bits per heavy atom. The summed E-state index contributed by atoms with van der Waals surface area (Å²) in [4.78, 5) is 19.6. The van der Waals surface area contributed by atoms with Crippen LogP contribution in [0.3, 0.4) is 0 Å². The zero-order chi connectivity index (χ0) is 14.3. The van der Waals surface area contributed by atoms with Crippen molar-refractivity contribution in [1.82, 2.24) is 4.90 Å². The van der Waals surface area contributed by atoms with Crippen LogP contribution in [0.25, 0.3) is 0 Å². The van der Waals surface area contributed by atoms with Crippen molar-refractivity contribution >= 4 is 11.6 Å². The van der Waals surface area contributed by atoms with E-state index in [1.165, 1.54) is 0 Å². The fourth-order valence-electron chi connectivity index (χ4n) is 2.30. The Labute approximate surface area is 118 Å². The van der Waals surface area contributed by atoms with Crippen LogP contribution < -0.4 is 0 Å². The van der Waals surface area contributed by atoms with Gasteiger partial charge in [0.05, 0.1) is 12.6 Å². The zero-order valence-corrected chi connectivity index (χ0v) is 11.9. The molecule has 106 valence electrons. The first-order valence-corrected chi connectivity index (χ1v) is 6.76. The lowest BCUT2D eigenvalue weighted by Gasteiger charge is -2.39. The first-order valence-electron chi connectivity index (χ1n) is 6.76. The number of carbonyl (C=O) groups excluding carboxylic acids is 1. The third-order valence-electron chi connectivity index (χ3n) is 3.66. The smallest absolute Gasteiger partial charge is 0.257 e. The van der Waals surface area contributed by atoms with Gasteiger partial charge in [0, 0.05) is 5.56 Å². The van der Waals surface area contributed by atoms with Crippen LogP contribution in [0.2, 0.25) is 0 Å². The summed E-state index contributed by atoms with van der Waals surface area (Å²) in [6, 6.07) is 9.74. The molecule has 0 aliphatic carbocycles. The molecule has 1 amide bonds. The highest BCUT2D eigenvalue weighted by Gasteiger charge is 2.49. The zero-order valence-electron chi connectivity index (χ0n) is 11.9. The molecule has 2 aliphatic heterocycles. The second-order valence-corrected chi connectivity index (χ2v) is 5.63. The van der Waals surface area contributed by atoms with E-state index in [2.05, 4.69) is 5.16 Å². The Balaban J connectivity index is 1.84. The standard InChI is InChI=1S/C15H18N2O3/c1-10-13(19-10)14(18)17-9-12(16-20-15(17,2)3)11-7-5-4-6-8-11/h4-8,10,13H,9H2,1-3H3/t10-,13-/m1/s1. The normalized spacial score (nSPS) is 27.6. The van der Waals surface area contributed by atoms with Gasteiger partial charge in [0.1, 0.15) is 5.71 Å². The van der Waals surface area contributed by atoms with Gasteiger partial charge in [-0.2, -0.15) is 0 Å². The average molecular weight is 274 g/mol. The molecule has 0 radical (unpaired) electrons. The van der Waals surface area contributed by atoms with Gasteiger partial charge < -0.3 is 9.57 Å². The van der Waals surface area contributed by atoms with Crippen molar-refractivity contribution in [2.24, 2.45) is 5.16 Å². The molecule has 2 heterocycles. The number of amides is 1. The molecule has 0 unspecified atom stereocenters. The van der Waals surface area contributed by atoms with Crippen molar-refractivity contribution in [3.05, 3.63) is 35.9 Å². The number of ether oxygens (including phenoxy) is 1. The summed E-state index contributed by atoms with van der Waals surface area (Å²) >= 11 is 0. The van der Waals surface area contributed by atoms with Crippen molar-refractivity contribution in [3.8, 4) is 0 Å². The topological polar surface area (TPSA) is 54.4 Å². The number of hydrogen-bond acceptors (Lipinski definition) is 4. The molecule has 1 aromatic rings. The van der Waals surface area contributed by atoms with E-state index in [9.17, 15) is 4.79 Å². The second-order valence-electron chi connectivity index (χ2n) is 5.63. The lowest BCUT2D eigenvalue weighted by molar-refractivity contribution is -0.169. The van der Waals surface area contributed by atoms with Crippen LogP contribution in [0.15, 0.2) is 35.5 Å². The molecule has 20 heavy (non-hydrogen) atoms. The van der Waals surface area contributed by atoms with Crippen molar-refractivity contribution < 1.29 is 14.4 Å². The Kier molecular flexibility index (Phi) is 3.01. The summed E-state index contributed by atoms with van der Waals surface area (Å²) in [7, 11) is 0. The molecule has 5 heteroatoms. The number of nitrogens with zero attached hydrogens (tertiary/aromatic N) is 2. The number of carbonyl (C=O) groups is 1. The molecular formula is C15H18N2O3. The molecule has 1 fully saturated rings. The van der Waals surface area contributed by atoms with E-state index >= 15 is 0 Å². The lowest BCUT2D eigenvalue weighted by atomic mass is 10.1. The number of oxime groups is 1. The van der Waals surface area contributed by atoms with Crippen LogP contribution in [0, 0.1) is 0 Å². The van der Waals surface area contributed by atoms with Crippen LogP contribution >= 0.6 is 0 Å². The fourth-order valence-corrected chi connectivity index (χ4v) is 2.30. The van der Waals surface area contributed by atoms with Gasteiger partial charge in [0.15, 0.2) is 6.10 Å². The molecule has 3 rings (SSSR count). The summed E-state index contributed by atoms with van der Waals surface area (Å²) in [6.07, 6.45) is -0.342. The predicted molar refractivity (Wildman–Crippen MR) is 74.2 cm³/mol. The Hall–Kier alpha value is -1.88. The van der Waals surface area contributed by atoms with Gasteiger partial charge in [-0.05, 0) is 20.8 Å². The molecule has 2 aliphatic rings. The van der Waals surface area contributed by atoms with Gasteiger partial charge in [-0.3, -0.25) is 9.69 Å². The van der Waals surface area contributed by atoms with E-state index in [1.807, 2.05) is 51.1 Å². The average Bonchev–Trinajstić information content (AvgIpc) is 3.16. The lowest BCUT2D eigenvalue weighted by Crippen LogP contribution is -2.55. The quantitative estimate of drug-likeness (QED) is 0.772. The van der Waals surface area contributed by atoms with E-state index in [0.29, 0.717) is 6.54 Å². The monoisotopic (exact) mass is 274 g/mol. The fraction of sp³-hybridized carbons (Fsp3) is 0.467. The second kappa shape index (κ2) is 4.59. The van der Waals surface area contributed by atoms with Crippen molar-refractivity contribution in [2.45, 2.75) is 38.7 Å². The number of epoxide rings is 1. The highest BCUT2D eigenvalue weighted by atomic mass is 16.7. The van der Waals surface area contributed by atoms with Crippen LogP contribution in [-0.2, 0) is 14.4 Å². The molecular weight excluding hydrogens is 256 g/mol. The SMILES string of the molecule is C[C@H]1O[C@H]1C(=O)N1CC(c2ccccc2)=NOC1(C)C. The van der Waals surface area contributed by atoms with E-state index < -0.39 is 5.72 Å². The van der Waals surface area contributed by atoms with Crippen molar-refractivity contribution in [2.75, 3.05) is 6.54 Å². The summed E-state index contributed by atoms with van der Waals surface area (Å²) in [5, 5.41) is 4.17. The molecule has 0 saturated carbocycles.